The summed E-state index contributed by atoms with van der Waals surface area (Å²) in [7, 11) is 0. The van der Waals surface area contributed by atoms with Crippen LogP contribution in [0.15, 0.2) is 72.3 Å². The standard InChI is InChI=1S/C23H15Cl2IN2O2/c24-18-6-2-1-5-16(18)14-30-22-10-9-15(12-19(22)25)11-17(13-27)23(29)28-21-8-4-3-7-20(21)26/h1-12H,14H2,(H,28,29). The normalized spacial score (nSPS) is 10.9. The third kappa shape index (κ3) is 5.76. The van der Waals surface area contributed by atoms with Crippen molar-refractivity contribution in [2.24, 2.45) is 0 Å². The van der Waals surface area contributed by atoms with Crippen LogP contribution in [-0.4, -0.2) is 5.91 Å². The molecule has 1 N–H and O–H groups in total. The summed E-state index contributed by atoms with van der Waals surface area (Å²) in [6, 6.07) is 21.7. The van der Waals surface area contributed by atoms with Gasteiger partial charge >= 0.3 is 0 Å². The molecule has 0 atom stereocenters. The minimum atomic E-state index is -0.489. The molecule has 3 rings (SSSR count). The van der Waals surface area contributed by atoms with Gasteiger partial charge in [-0.1, -0.05) is 59.6 Å². The van der Waals surface area contributed by atoms with Gasteiger partial charge in [0.15, 0.2) is 0 Å². The number of hydrogen-bond acceptors (Lipinski definition) is 3. The Hall–Kier alpha value is -2.53. The van der Waals surface area contributed by atoms with E-state index in [4.69, 9.17) is 27.9 Å². The van der Waals surface area contributed by atoms with E-state index < -0.39 is 5.91 Å². The molecule has 1 amide bonds. The molecule has 30 heavy (non-hydrogen) atoms. The third-order valence-electron chi connectivity index (χ3n) is 4.10. The van der Waals surface area contributed by atoms with Crippen molar-refractivity contribution < 1.29 is 9.53 Å². The highest BCUT2D eigenvalue weighted by molar-refractivity contribution is 14.1. The highest BCUT2D eigenvalue weighted by atomic mass is 127. The van der Waals surface area contributed by atoms with Crippen LogP contribution in [0.3, 0.4) is 0 Å². The molecule has 3 aromatic carbocycles. The molecule has 0 spiro atoms. The number of ether oxygens (including phenoxy) is 1. The van der Waals surface area contributed by atoms with Gasteiger partial charge in [0.05, 0.1) is 10.7 Å². The Morgan fingerprint density at radius 2 is 1.80 bits per heavy atom. The highest BCUT2D eigenvalue weighted by Crippen LogP contribution is 2.28. The number of para-hydroxylation sites is 1. The molecule has 0 aliphatic carbocycles. The summed E-state index contributed by atoms with van der Waals surface area (Å²) in [5, 5.41) is 13.1. The van der Waals surface area contributed by atoms with Crippen molar-refractivity contribution in [1.82, 2.24) is 0 Å². The van der Waals surface area contributed by atoms with Crippen molar-refractivity contribution in [1.29, 1.82) is 5.26 Å². The Kier molecular flexibility index (Phi) is 7.75. The van der Waals surface area contributed by atoms with Crippen molar-refractivity contribution in [3.63, 3.8) is 0 Å². The third-order valence-corrected chi connectivity index (χ3v) is 5.70. The van der Waals surface area contributed by atoms with E-state index in [0.717, 1.165) is 9.13 Å². The average Bonchev–Trinajstić information content (AvgIpc) is 2.74. The smallest absolute Gasteiger partial charge is 0.266 e. The number of amides is 1. The molecule has 4 nitrogen and oxygen atoms in total. The average molecular weight is 549 g/mol. The Bertz CT molecular complexity index is 1160. The predicted octanol–water partition coefficient (Wildman–Crippen LogP) is 6.72. The minimum absolute atomic E-state index is 0.0320. The fourth-order valence-electron chi connectivity index (χ4n) is 2.56. The molecule has 0 aliphatic rings. The molecule has 0 aromatic heterocycles. The number of nitrogens with one attached hydrogen (secondary N) is 1. The Labute approximate surface area is 198 Å². The Morgan fingerprint density at radius 1 is 1.07 bits per heavy atom. The summed E-state index contributed by atoms with van der Waals surface area (Å²) < 4.78 is 6.63. The second-order valence-corrected chi connectivity index (χ2v) is 8.15. The van der Waals surface area contributed by atoms with Gasteiger partial charge < -0.3 is 10.1 Å². The number of anilines is 1. The zero-order valence-electron chi connectivity index (χ0n) is 15.5. The van der Waals surface area contributed by atoms with Crippen molar-refractivity contribution in [2.45, 2.75) is 6.61 Å². The molecule has 0 unspecified atom stereocenters. The van der Waals surface area contributed by atoms with Crippen LogP contribution in [0.25, 0.3) is 6.08 Å². The number of carbonyl (C=O) groups is 1. The first kappa shape index (κ1) is 22.2. The maximum atomic E-state index is 12.5. The van der Waals surface area contributed by atoms with Crippen LogP contribution in [0.1, 0.15) is 11.1 Å². The van der Waals surface area contributed by atoms with Gasteiger partial charge in [-0.3, -0.25) is 4.79 Å². The summed E-state index contributed by atoms with van der Waals surface area (Å²) in [5.74, 6) is -0.00711. The Balaban J connectivity index is 1.73. The second kappa shape index (κ2) is 10.5. The van der Waals surface area contributed by atoms with Gasteiger partial charge in [0.2, 0.25) is 0 Å². The number of rotatable bonds is 6. The van der Waals surface area contributed by atoms with E-state index in [1.54, 1.807) is 30.3 Å². The molecule has 3 aromatic rings. The predicted molar refractivity (Wildman–Crippen MR) is 129 cm³/mol. The molecule has 150 valence electrons. The van der Waals surface area contributed by atoms with E-state index in [9.17, 15) is 10.1 Å². The van der Waals surface area contributed by atoms with Crippen molar-refractivity contribution in [2.75, 3.05) is 5.32 Å². The lowest BCUT2D eigenvalue weighted by Crippen LogP contribution is -2.14. The van der Waals surface area contributed by atoms with Gasteiger partial charge in [-0.25, -0.2) is 0 Å². The van der Waals surface area contributed by atoms with E-state index >= 15 is 0 Å². The second-order valence-electron chi connectivity index (χ2n) is 6.17. The molecule has 0 radical (unpaired) electrons. The van der Waals surface area contributed by atoms with Crippen LogP contribution in [0.4, 0.5) is 5.69 Å². The molecule has 0 fully saturated rings. The summed E-state index contributed by atoms with van der Waals surface area (Å²) >= 11 is 14.6. The van der Waals surface area contributed by atoms with E-state index in [-0.39, 0.29) is 12.2 Å². The lowest BCUT2D eigenvalue weighted by Gasteiger charge is -2.10. The van der Waals surface area contributed by atoms with Gasteiger partial charge in [0.25, 0.3) is 5.91 Å². The van der Waals surface area contributed by atoms with Gasteiger partial charge in [-0.15, -0.1) is 0 Å². The summed E-state index contributed by atoms with van der Waals surface area (Å²) in [5.41, 5.74) is 2.07. The van der Waals surface area contributed by atoms with Crippen LogP contribution in [-0.2, 0) is 11.4 Å². The van der Waals surface area contributed by atoms with Crippen molar-refractivity contribution >= 4 is 63.5 Å². The molecular weight excluding hydrogens is 534 g/mol. The number of nitrogens with zero attached hydrogens (tertiary/aromatic N) is 1. The first-order valence-electron chi connectivity index (χ1n) is 8.81. The van der Waals surface area contributed by atoms with Crippen molar-refractivity contribution in [3.05, 3.63) is 97.0 Å². The van der Waals surface area contributed by atoms with Crippen LogP contribution in [0, 0.1) is 14.9 Å². The van der Waals surface area contributed by atoms with Gasteiger partial charge in [-0.2, -0.15) is 5.26 Å². The molecule has 7 heteroatoms. The minimum Gasteiger partial charge on any atom is -0.487 e. The highest BCUT2D eigenvalue weighted by Gasteiger charge is 2.12. The topological polar surface area (TPSA) is 62.1 Å². The number of benzene rings is 3. The fraction of sp³-hybridized carbons (Fsp3) is 0.0435. The van der Waals surface area contributed by atoms with Crippen LogP contribution >= 0.6 is 45.8 Å². The maximum Gasteiger partial charge on any atom is 0.266 e. The summed E-state index contributed by atoms with van der Waals surface area (Å²) in [6.07, 6.45) is 1.48. The lowest BCUT2D eigenvalue weighted by atomic mass is 10.1. The first-order valence-corrected chi connectivity index (χ1v) is 10.6. The number of hydrogen-bond donors (Lipinski definition) is 1. The zero-order chi connectivity index (χ0) is 21.5. The molecule has 0 aliphatic heterocycles. The van der Waals surface area contributed by atoms with Gasteiger partial charge in [0, 0.05) is 14.2 Å². The fourth-order valence-corrected chi connectivity index (χ4v) is 3.52. The first-order chi connectivity index (χ1) is 14.5. The van der Waals surface area contributed by atoms with E-state index in [0.29, 0.717) is 27.0 Å². The largest absolute Gasteiger partial charge is 0.487 e. The van der Waals surface area contributed by atoms with E-state index in [1.165, 1.54) is 6.08 Å². The molecule has 0 bridgehead atoms. The van der Waals surface area contributed by atoms with E-state index in [2.05, 4.69) is 27.9 Å². The molecule has 0 heterocycles. The van der Waals surface area contributed by atoms with Crippen LogP contribution < -0.4 is 10.1 Å². The Morgan fingerprint density at radius 3 is 2.50 bits per heavy atom. The van der Waals surface area contributed by atoms with E-state index in [1.807, 2.05) is 42.5 Å². The molecular formula is C23H15Cl2IN2O2. The molecule has 0 saturated carbocycles. The number of nitriles is 1. The summed E-state index contributed by atoms with van der Waals surface area (Å²) in [6.45, 7) is 0.274. The SMILES string of the molecule is N#CC(=Cc1ccc(OCc2ccccc2Cl)c(Cl)c1)C(=O)Nc1ccccc1I. The van der Waals surface area contributed by atoms with Crippen LogP contribution in [0.2, 0.25) is 10.0 Å². The van der Waals surface area contributed by atoms with Gasteiger partial charge in [-0.05, 0) is 64.6 Å². The number of halogens is 3. The number of carbonyl (C=O) groups excluding carboxylic acids is 1. The van der Waals surface area contributed by atoms with Crippen LogP contribution in [0.5, 0.6) is 5.75 Å². The quantitative estimate of drug-likeness (QED) is 0.211. The monoisotopic (exact) mass is 548 g/mol. The lowest BCUT2D eigenvalue weighted by molar-refractivity contribution is -0.112. The van der Waals surface area contributed by atoms with Gasteiger partial charge in [0.1, 0.15) is 24.0 Å². The maximum absolute atomic E-state index is 12.5. The summed E-state index contributed by atoms with van der Waals surface area (Å²) in [4.78, 5) is 12.5. The zero-order valence-corrected chi connectivity index (χ0v) is 19.2. The molecule has 0 saturated heterocycles. The van der Waals surface area contributed by atoms with Crippen molar-refractivity contribution in [3.8, 4) is 11.8 Å².